The standard InChI is InChI=1S/C13H8Cl2F3N5/c14-8-4-2-1-3-7(8)9-10(15)22-12-20-6-21-23(12)11(9)19-5-13(16,17)18/h1-4,6,19H,5H2. The molecule has 0 fully saturated rings. The smallest absolute Gasteiger partial charge is 0.360 e. The highest BCUT2D eigenvalue weighted by atomic mass is 35.5. The Bertz CT molecular complexity index is 862. The third-order valence-corrected chi connectivity index (χ3v) is 3.59. The fourth-order valence-electron chi connectivity index (χ4n) is 2.07. The molecular weight excluding hydrogens is 354 g/mol. The van der Waals surface area contributed by atoms with Gasteiger partial charge >= 0.3 is 6.18 Å². The molecule has 3 aromatic rings. The maximum Gasteiger partial charge on any atom is 0.405 e. The van der Waals surface area contributed by atoms with Gasteiger partial charge in [0.2, 0.25) is 0 Å². The van der Waals surface area contributed by atoms with E-state index in [0.717, 1.165) is 4.52 Å². The molecule has 0 aliphatic heterocycles. The molecule has 0 atom stereocenters. The van der Waals surface area contributed by atoms with Crippen LogP contribution in [-0.2, 0) is 0 Å². The third kappa shape index (κ3) is 3.18. The Hall–Kier alpha value is -2.06. The van der Waals surface area contributed by atoms with Crippen molar-refractivity contribution in [1.82, 2.24) is 19.6 Å². The predicted molar refractivity (Wildman–Crippen MR) is 80.8 cm³/mol. The van der Waals surface area contributed by atoms with Gasteiger partial charge in [-0.05, 0) is 6.07 Å². The molecule has 0 spiro atoms. The zero-order valence-corrected chi connectivity index (χ0v) is 12.8. The second kappa shape index (κ2) is 5.86. The van der Waals surface area contributed by atoms with E-state index >= 15 is 0 Å². The van der Waals surface area contributed by atoms with Gasteiger partial charge < -0.3 is 5.32 Å². The summed E-state index contributed by atoms with van der Waals surface area (Å²) in [6.45, 7) is -1.26. The van der Waals surface area contributed by atoms with Crippen molar-refractivity contribution >= 4 is 34.8 Å². The van der Waals surface area contributed by atoms with Gasteiger partial charge in [-0.1, -0.05) is 41.4 Å². The van der Waals surface area contributed by atoms with E-state index in [4.69, 9.17) is 23.2 Å². The molecule has 1 aromatic carbocycles. The number of halogens is 5. The number of aromatic nitrogens is 4. The lowest BCUT2D eigenvalue weighted by Crippen LogP contribution is -2.23. The molecule has 0 saturated heterocycles. The molecule has 1 N–H and O–H groups in total. The summed E-state index contributed by atoms with van der Waals surface area (Å²) in [5, 5.41) is 6.49. The molecule has 0 unspecified atom stereocenters. The van der Waals surface area contributed by atoms with Gasteiger partial charge in [-0.3, -0.25) is 0 Å². The van der Waals surface area contributed by atoms with Crippen molar-refractivity contribution < 1.29 is 13.2 Å². The van der Waals surface area contributed by atoms with E-state index in [-0.39, 0.29) is 22.3 Å². The summed E-state index contributed by atoms with van der Waals surface area (Å²) in [6.07, 6.45) is -3.24. The summed E-state index contributed by atoms with van der Waals surface area (Å²) < 4.78 is 38.9. The van der Waals surface area contributed by atoms with Crippen LogP contribution in [0.1, 0.15) is 0 Å². The van der Waals surface area contributed by atoms with Crippen molar-refractivity contribution in [2.45, 2.75) is 6.18 Å². The number of alkyl halides is 3. The molecule has 0 radical (unpaired) electrons. The van der Waals surface area contributed by atoms with Crippen LogP contribution in [0.3, 0.4) is 0 Å². The zero-order valence-electron chi connectivity index (χ0n) is 11.3. The highest BCUT2D eigenvalue weighted by molar-refractivity contribution is 6.36. The third-order valence-electron chi connectivity index (χ3n) is 2.98. The molecule has 2 heterocycles. The fourth-order valence-corrected chi connectivity index (χ4v) is 2.56. The summed E-state index contributed by atoms with van der Waals surface area (Å²) in [4.78, 5) is 7.88. The quantitative estimate of drug-likeness (QED) is 0.714. The number of benzene rings is 1. The topological polar surface area (TPSA) is 55.1 Å². The minimum atomic E-state index is -4.42. The first kappa shape index (κ1) is 15.8. The van der Waals surface area contributed by atoms with E-state index in [0.29, 0.717) is 10.6 Å². The fraction of sp³-hybridized carbons (Fsp3) is 0.154. The number of fused-ring (bicyclic) bond motifs is 1. The van der Waals surface area contributed by atoms with Crippen LogP contribution >= 0.6 is 23.2 Å². The minimum Gasteiger partial charge on any atom is -0.360 e. The summed E-state index contributed by atoms with van der Waals surface area (Å²) in [5.41, 5.74) is 0.660. The van der Waals surface area contributed by atoms with Gasteiger partial charge in [-0.15, -0.1) is 0 Å². The lowest BCUT2D eigenvalue weighted by molar-refractivity contribution is -0.115. The van der Waals surface area contributed by atoms with E-state index in [1.54, 1.807) is 24.3 Å². The van der Waals surface area contributed by atoms with Crippen molar-refractivity contribution in [3.63, 3.8) is 0 Å². The number of nitrogens with zero attached hydrogens (tertiary/aromatic N) is 4. The Morgan fingerprint density at radius 1 is 1.17 bits per heavy atom. The Balaban J connectivity index is 2.23. The highest BCUT2D eigenvalue weighted by Crippen LogP contribution is 2.38. The van der Waals surface area contributed by atoms with Crippen molar-refractivity contribution in [2.75, 3.05) is 11.9 Å². The highest BCUT2D eigenvalue weighted by Gasteiger charge is 2.29. The molecule has 5 nitrogen and oxygen atoms in total. The molecule has 2 aromatic heterocycles. The van der Waals surface area contributed by atoms with Crippen LogP contribution in [0, 0.1) is 0 Å². The molecule has 0 saturated carbocycles. The first-order chi connectivity index (χ1) is 10.9. The lowest BCUT2D eigenvalue weighted by atomic mass is 10.1. The molecule has 0 bridgehead atoms. The average molecular weight is 362 g/mol. The first-order valence-corrected chi connectivity index (χ1v) is 7.07. The molecule has 23 heavy (non-hydrogen) atoms. The van der Waals surface area contributed by atoms with E-state index < -0.39 is 12.7 Å². The summed E-state index contributed by atoms with van der Waals surface area (Å²) >= 11 is 12.3. The van der Waals surface area contributed by atoms with Gasteiger partial charge in [0.1, 0.15) is 23.8 Å². The van der Waals surface area contributed by atoms with Gasteiger partial charge in [0.05, 0.1) is 5.56 Å². The van der Waals surface area contributed by atoms with E-state index in [1.165, 1.54) is 6.33 Å². The average Bonchev–Trinajstić information content (AvgIpc) is 2.92. The number of hydrogen-bond donors (Lipinski definition) is 1. The lowest BCUT2D eigenvalue weighted by Gasteiger charge is -2.16. The largest absolute Gasteiger partial charge is 0.405 e. The summed E-state index contributed by atoms with van der Waals surface area (Å²) in [7, 11) is 0. The maximum absolute atomic E-state index is 12.6. The number of nitrogens with one attached hydrogen (secondary N) is 1. The predicted octanol–water partition coefficient (Wildman–Crippen LogP) is 4.07. The van der Waals surface area contributed by atoms with Crippen LogP contribution < -0.4 is 5.32 Å². The van der Waals surface area contributed by atoms with Gasteiger partial charge in [-0.25, -0.2) is 0 Å². The van der Waals surface area contributed by atoms with Crippen molar-refractivity contribution in [1.29, 1.82) is 0 Å². The van der Waals surface area contributed by atoms with Crippen LogP contribution in [0.4, 0.5) is 19.0 Å². The second-order valence-electron chi connectivity index (χ2n) is 4.55. The summed E-state index contributed by atoms with van der Waals surface area (Å²) in [6, 6.07) is 6.62. The zero-order chi connectivity index (χ0) is 16.6. The molecule has 0 aliphatic rings. The van der Waals surface area contributed by atoms with E-state index in [9.17, 15) is 13.2 Å². The Morgan fingerprint density at radius 3 is 2.61 bits per heavy atom. The van der Waals surface area contributed by atoms with Crippen LogP contribution in [0.15, 0.2) is 30.6 Å². The SMILES string of the molecule is FC(F)(F)CNc1c(-c2ccccc2Cl)c(Cl)nc2ncnn12. The van der Waals surface area contributed by atoms with Gasteiger partial charge in [-0.2, -0.15) is 32.8 Å². The van der Waals surface area contributed by atoms with Crippen LogP contribution in [-0.4, -0.2) is 32.3 Å². The minimum absolute atomic E-state index is 0.0166. The molecule has 0 aliphatic carbocycles. The molecule has 10 heteroatoms. The maximum atomic E-state index is 12.6. The number of anilines is 1. The van der Waals surface area contributed by atoms with E-state index in [2.05, 4.69) is 20.4 Å². The Labute approximate surface area is 138 Å². The molecular formula is C13H8Cl2F3N5. The van der Waals surface area contributed by atoms with Crippen LogP contribution in [0.5, 0.6) is 0 Å². The molecule has 0 amide bonds. The first-order valence-electron chi connectivity index (χ1n) is 6.31. The van der Waals surface area contributed by atoms with Crippen LogP contribution in [0.25, 0.3) is 16.9 Å². The van der Waals surface area contributed by atoms with Crippen molar-refractivity contribution in [2.24, 2.45) is 0 Å². The monoisotopic (exact) mass is 361 g/mol. The van der Waals surface area contributed by atoms with Gasteiger partial charge in [0, 0.05) is 10.6 Å². The number of hydrogen-bond acceptors (Lipinski definition) is 4. The second-order valence-corrected chi connectivity index (χ2v) is 5.31. The summed E-state index contributed by atoms with van der Waals surface area (Å²) in [5.74, 6) is 0.0957. The van der Waals surface area contributed by atoms with E-state index in [1.807, 2.05) is 0 Å². The Kier molecular flexibility index (Phi) is 4.03. The normalized spacial score (nSPS) is 11.9. The molecule has 120 valence electrons. The van der Waals surface area contributed by atoms with Crippen molar-refractivity contribution in [3.05, 3.63) is 40.8 Å². The van der Waals surface area contributed by atoms with Gasteiger partial charge in [0.25, 0.3) is 5.78 Å². The van der Waals surface area contributed by atoms with Crippen molar-refractivity contribution in [3.8, 4) is 11.1 Å². The Morgan fingerprint density at radius 2 is 1.91 bits per heavy atom. The van der Waals surface area contributed by atoms with Crippen LogP contribution in [0.2, 0.25) is 10.2 Å². The molecule has 3 rings (SSSR count). The number of rotatable bonds is 3. The van der Waals surface area contributed by atoms with Gasteiger partial charge in [0.15, 0.2) is 0 Å².